The first-order valence-corrected chi connectivity index (χ1v) is 10.9. The lowest BCUT2D eigenvalue weighted by Gasteiger charge is -2.43. The van der Waals surface area contributed by atoms with Crippen LogP contribution in [0.25, 0.3) is 0 Å². The maximum absolute atomic E-state index is 13.7. The van der Waals surface area contributed by atoms with Crippen molar-refractivity contribution in [2.75, 3.05) is 7.11 Å². The van der Waals surface area contributed by atoms with Crippen molar-refractivity contribution < 1.29 is 23.7 Å². The number of ether oxygens (including phenoxy) is 2. The molecule has 5 atom stereocenters. The van der Waals surface area contributed by atoms with Gasteiger partial charge in [-0.05, 0) is 36.2 Å². The molecule has 2 aromatic carbocycles. The average Bonchev–Trinajstić information content (AvgIpc) is 2.71. The zero-order valence-electron chi connectivity index (χ0n) is 15.9. The minimum atomic E-state index is -3.50. The van der Waals surface area contributed by atoms with Crippen LogP contribution in [0, 0.1) is 5.92 Å². The summed E-state index contributed by atoms with van der Waals surface area (Å²) in [6, 6.07) is 16.6. The third-order valence-electron chi connectivity index (χ3n) is 5.16. The number of hydrogen-bond acceptors (Lipinski definition) is 5. The molecule has 1 heterocycles. The minimum Gasteiger partial charge on any atom is -0.497 e. The second-order valence-corrected chi connectivity index (χ2v) is 9.33. The fourth-order valence-corrected chi connectivity index (χ4v) is 6.09. The predicted molar refractivity (Wildman–Crippen MR) is 106 cm³/mol. The van der Waals surface area contributed by atoms with E-state index in [0.717, 1.165) is 5.56 Å². The van der Waals surface area contributed by atoms with Crippen molar-refractivity contribution in [2.45, 2.75) is 44.9 Å². The highest BCUT2D eigenvalue weighted by Crippen LogP contribution is 2.58. The highest BCUT2D eigenvalue weighted by Gasteiger charge is 2.51. The molecule has 146 valence electrons. The Kier molecular flexibility index (Phi) is 6.38. The second-order valence-electron chi connectivity index (χ2n) is 6.88. The third kappa shape index (κ3) is 4.12. The minimum absolute atomic E-state index is 0.0750. The highest BCUT2D eigenvalue weighted by molar-refractivity contribution is 7.67. The smallest absolute Gasteiger partial charge is 0.262 e. The van der Waals surface area contributed by atoms with Crippen LogP contribution in [0.4, 0.5) is 0 Å². The Morgan fingerprint density at radius 1 is 1.11 bits per heavy atom. The fraction of sp³-hybridized carbons (Fsp3) is 0.429. The molecule has 0 aliphatic carbocycles. The molecule has 1 unspecified atom stereocenters. The van der Waals surface area contributed by atoms with E-state index < -0.39 is 19.3 Å². The quantitative estimate of drug-likeness (QED) is 0.757. The summed E-state index contributed by atoms with van der Waals surface area (Å²) in [6.07, 6.45) is -0.127. The second kappa shape index (κ2) is 8.57. The lowest BCUT2D eigenvalue weighted by atomic mass is 9.96. The van der Waals surface area contributed by atoms with Crippen molar-refractivity contribution in [1.82, 2.24) is 0 Å². The fourth-order valence-electron chi connectivity index (χ4n) is 3.49. The summed E-state index contributed by atoms with van der Waals surface area (Å²) in [6.45, 7) is 4.32. The van der Waals surface area contributed by atoms with E-state index in [1.54, 1.807) is 31.4 Å². The molecule has 1 N–H and O–H groups in total. The van der Waals surface area contributed by atoms with Gasteiger partial charge in [0.2, 0.25) is 0 Å². The summed E-state index contributed by atoms with van der Waals surface area (Å²) in [5.74, 6) is -0.629. The van der Waals surface area contributed by atoms with Gasteiger partial charge in [-0.1, -0.05) is 44.2 Å². The SMILES string of the molecule is CC[C@H]1O[P@@](=O)(c2ccc(OC)cc2)C(O)[C@@H](OCc2ccccc2)[C@@H]1C. The zero-order chi connectivity index (χ0) is 19.4. The maximum Gasteiger partial charge on any atom is 0.262 e. The van der Waals surface area contributed by atoms with E-state index in [9.17, 15) is 9.67 Å². The molecular formula is C21H27O5P. The Bertz CT molecular complexity index is 777. The van der Waals surface area contributed by atoms with Crippen LogP contribution in [0.2, 0.25) is 0 Å². The van der Waals surface area contributed by atoms with Gasteiger partial charge in [0.1, 0.15) is 5.75 Å². The summed E-state index contributed by atoms with van der Waals surface area (Å²) < 4.78 is 30.9. The van der Waals surface area contributed by atoms with Gasteiger partial charge in [-0.25, -0.2) is 0 Å². The van der Waals surface area contributed by atoms with E-state index in [-0.39, 0.29) is 12.0 Å². The molecule has 2 aromatic rings. The van der Waals surface area contributed by atoms with Gasteiger partial charge in [-0.3, -0.25) is 4.57 Å². The monoisotopic (exact) mass is 390 g/mol. The van der Waals surface area contributed by atoms with E-state index in [1.807, 2.05) is 44.2 Å². The normalized spacial score (nSPS) is 30.8. The number of rotatable bonds is 6. The lowest BCUT2D eigenvalue weighted by molar-refractivity contribution is -0.0937. The van der Waals surface area contributed by atoms with E-state index in [2.05, 4.69) is 0 Å². The number of hydrogen-bond donors (Lipinski definition) is 1. The van der Waals surface area contributed by atoms with Gasteiger partial charge in [-0.2, -0.15) is 0 Å². The van der Waals surface area contributed by atoms with Crippen LogP contribution < -0.4 is 10.0 Å². The molecule has 5 nitrogen and oxygen atoms in total. The van der Waals surface area contributed by atoms with Crippen LogP contribution in [0.3, 0.4) is 0 Å². The molecular weight excluding hydrogens is 363 g/mol. The average molecular weight is 390 g/mol. The Hall–Kier alpha value is -1.65. The molecule has 0 aromatic heterocycles. The molecule has 0 radical (unpaired) electrons. The lowest BCUT2D eigenvalue weighted by Crippen LogP contribution is -2.48. The summed E-state index contributed by atoms with van der Waals surface area (Å²) in [5.41, 5.74) is 1.01. The van der Waals surface area contributed by atoms with Crippen LogP contribution in [0.1, 0.15) is 25.8 Å². The molecule has 27 heavy (non-hydrogen) atoms. The summed E-state index contributed by atoms with van der Waals surface area (Å²) in [5, 5.41) is 11.5. The molecule has 0 amide bonds. The van der Waals surface area contributed by atoms with Gasteiger partial charge in [0, 0.05) is 11.2 Å². The van der Waals surface area contributed by atoms with Gasteiger partial charge >= 0.3 is 0 Å². The Labute approximate surface area is 160 Å². The molecule has 0 spiro atoms. The molecule has 1 aliphatic heterocycles. The Morgan fingerprint density at radius 2 is 1.78 bits per heavy atom. The molecule has 1 saturated heterocycles. The molecule has 1 fully saturated rings. The van der Waals surface area contributed by atoms with Crippen LogP contribution in [0.5, 0.6) is 5.75 Å². The zero-order valence-corrected chi connectivity index (χ0v) is 16.8. The Balaban J connectivity index is 1.86. The standard InChI is InChI=1S/C21H27O5P/c1-4-19-15(2)20(25-14-16-8-6-5-7-9-16)21(22)27(23,26-19)18-12-10-17(24-3)11-13-18/h5-13,15,19-22H,4,14H2,1-3H3/t15-,19-,20+,21?,27+/m1/s1. The third-order valence-corrected chi connectivity index (χ3v) is 7.75. The van der Waals surface area contributed by atoms with Gasteiger partial charge < -0.3 is 19.1 Å². The van der Waals surface area contributed by atoms with Crippen LogP contribution in [-0.4, -0.2) is 30.3 Å². The number of methoxy groups -OCH3 is 1. The van der Waals surface area contributed by atoms with Crippen LogP contribution in [-0.2, 0) is 20.4 Å². The predicted octanol–water partition coefficient (Wildman–Crippen LogP) is 3.95. The van der Waals surface area contributed by atoms with Crippen molar-refractivity contribution in [3.8, 4) is 5.75 Å². The van der Waals surface area contributed by atoms with Crippen molar-refractivity contribution >= 4 is 12.7 Å². The van der Waals surface area contributed by atoms with Gasteiger partial charge in [0.25, 0.3) is 7.37 Å². The van der Waals surface area contributed by atoms with Crippen molar-refractivity contribution in [1.29, 1.82) is 0 Å². The molecule has 3 rings (SSSR count). The number of aliphatic hydroxyl groups excluding tert-OH is 1. The highest BCUT2D eigenvalue weighted by atomic mass is 31.2. The maximum atomic E-state index is 13.7. The van der Waals surface area contributed by atoms with Gasteiger partial charge in [0.05, 0.1) is 25.9 Å². The first kappa shape index (κ1) is 20.1. The first-order chi connectivity index (χ1) is 13.0. The van der Waals surface area contributed by atoms with Crippen LogP contribution in [0.15, 0.2) is 54.6 Å². The largest absolute Gasteiger partial charge is 0.497 e. The number of aliphatic hydroxyl groups is 1. The van der Waals surface area contributed by atoms with E-state index in [1.165, 1.54) is 0 Å². The van der Waals surface area contributed by atoms with E-state index >= 15 is 0 Å². The first-order valence-electron chi connectivity index (χ1n) is 9.26. The molecule has 0 saturated carbocycles. The molecule has 1 aliphatic rings. The van der Waals surface area contributed by atoms with Gasteiger partial charge in [-0.15, -0.1) is 0 Å². The van der Waals surface area contributed by atoms with Crippen LogP contribution >= 0.6 is 7.37 Å². The Morgan fingerprint density at radius 3 is 2.37 bits per heavy atom. The van der Waals surface area contributed by atoms with Crippen molar-refractivity contribution in [3.63, 3.8) is 0 Å². The summed E-state index contributed by atoms with van der Waals surface area (Å²) in [7, 11) is -1.92. The molecule has 0 bridgehead atoms. The number of benzene rings is 2. The van der Waals surface area contributed by atoms with E-state index in [4.69, 9.17) is 14.0 Å². The van der Waals surface area contributed by atoms with Gasteiger partial charge in [0.15, 0.2) is 5.85 Å². The topological polar surface area (TPSA) is 65.0 Å². The van der Waals surface area contributed by atoms with Crippen molar-refractivity contribution in [2.24, 2.45) is 5.92 Å². The summed E-state index contributed by atoms with van der Waals surface area (Å²) >= 11 is 0. The molecule has 6 heteroatoms. The van der Waals surface area contributed by atoms with Crippen molar-refractivity contribution in [3.05, 3.63) is 60.2 Å². The summed E-state index contributed by atoms with van der Waals surface area (Å²) in [4.78, 5) is 0. The van der Waals surface area contributed by atoms with E-state index in [0.29, 0.717) is 24.1 Å².